The van der Waals surface area contributed by atoms with Gasteiger partial charge in [0.1, 0.15) is 0 Å². The van der Waals surface area contributed by atoms with Crippen LogP contribution in [0.1, 0.15) is 47.8 Å². The third-order valence-electron chi connectivity index (χ3n) is 6.33. The normalized spacial score (nSPS) is 15.0. The maximum absolute atomic E-state index is 13.8. The van der Waals surface area contributed by atoms with Gasteiger partial charge in [0.05, 0.1) is 11.4 Å². The Labute approximate surface area is 239 Å². The van der Waals surface area contributed by atoms with Gasteiger partial charge in [-0.15, -0.1) is 0 Å². The summed E-state index contributed by atoms with van der Waals surface area (Å²) < 4.78 is 29.1. The Morgan fingerprint density at radius 2 is 1.79 bits per heavy atom. The van der Waals surface area contributed by atoms with Crippen molar-refractivity contribution in [2.45, 2.75) is 37.6 Å². The van der Waals surface area contributed by atoms with Crippen molar-refractivity contribution in [1.82, 2.24) is 4.72 Å². The van der Waals surface area contributed by atoms with Crippen molar-refractivity contribution in [1.29, 1.82) is 0 Å². The largest absolute Gasteiger partial charge is 0.304 e. The number of aryl methyl sites for hydroxylation is 1. The number of nitrogens with one attached hydrogen (secondary N) is 1. The third-order valence-corrected chi connectivity index (χ3v) is 8.27. The lowest BCUT2D eigenvalue weighted by Gasteiger charge is -2.25. The van der Waals surface area contributed by atoms with Crippen LogP contribution in [0.2, 0.25) is 10.0 Å². The number of sulfonamides is 1. The number of carbonyl (C=O) groups is 1. The van der Waals surface area contributed by atoms with Gasteiger partial charge in [0.25, 0.3) is 5.91 Å². The molecule has 0 spiro atoms. The van der Waals surface area contributed by atoms with Gasteiger partial charge in [0.15, 0.2) is 0 Å². The average Bonchev–Trinajstić information content (AvgIpc) is 3.29. The van der Waals surface area contributed by atoms with Crippen LogP contribution in [0.5, 0.6) is 0 Å². The van der Waals surface area contributed by atoms with E-state index in [-0.39, 0.29) is 17.3 Å². The minimum atomic E-state index is -3.81. The van der Waals surface area contributed by atoms with Gasteiger partial charge < -0.3 is 4.90 Å². The van der Waals surface area contributed by atoms with E-state index in [1.54, 1.807) is 53.6 Å². The highest BCUT2D eigenvalue weighted by Gasteiger charge is 2.29. The van der Waals surface area contributed by atoms with Crippen LogP contribution < -0.4 is 9.62 Å². The van der Waals surface area contributed by atoms with Crippen molar-refractivity contribution < 1.29 is 13.2 Å². The Morgan fingerprint density at radius 3 is 2.46 bits per heavy atom. The molecule has 1 amide bonds. The lowest BCUT2D eigenvalue weighted by atomic mass is 10.1. The summed E-state index contributed by atoms with van der Waals surface area (Å²) >= 11 is 12.2. The molecule has 0 aromatic heterocycles. The summed E-state index contributed by atoms with van der Waals surface area (Å²) in [4.78, 5) is 19.9. The molecular weight excluding hydrogens is 553 g/mol. The first-order chi connectivity index (χ1) is 18.6. The van der Waals surface area contributed by atoms with Gasteiger partial charge in [-0.1, -0.05) is 54.1 Å². The predicted octanol–water partition coefficient (Wildman–Crippen LogP) is 7.16. The number of fused-ring (bicyclic) bond motifs is 1. The molecule has 4 rings (SSSR count). The SMILES string of the molecule is C=C/C(=C\N=C(C)C)CN(C(=O)c1cccc(Cl)c1)c1ccc2c(c1)C(NS(=O)(=O)c1cccc(Cl)c1)CC2. The molecule has 1 atom stereocenters. The average molecular weight is 583 g/mol. The molecule has 0 fully saturated rings. The van der Waals surface area contributed by atoms with Crippen LogP contribution in [-0.2, 0) is 16.4 Å². The maximum atomic E-state index is 13.8. The maximum Gasteiger partial charge on any atom is 0.258 e. The molecule has 0 saturated heterocycles. The van der Waals surface area contributed by atoms with Crippen LogP contribution in [-0.4, -0.2) is 26.6 Å². The fourth-order valence-electron chi connectivity index (χ4n) is 4.38. The summed E-state index contributed by atoms with van der Waals surface area (Å²) in [5, 5.41) is 0.798. The zero-order chi connectivity index (χ0) is 28.2. The minimum Gasteiger partial charge on any atom is -0.304 e. The predicted molar refractivity (Wildman–Crippen MR) is 159 cm³/mol. The van der Waals surface area contributed by atoms with Crippen LogP contribution >= 0.6 is 23.2 Å². The number of hydrogen-bond donors (Lipinski definition) is 1. The van der Waals surface area contributed by atoms with Gasteiger partial charge >= 0.3 is 0 Å². The van der Waals surface area contributed by atoms with Crippen LogP contribution in [0.25, 0.3) is 0 Å². The Bertz CT molecular complexity index is 1580. The van der Waals surface area contributed by atoms with E-state index in [0.717, 1.165) is 22.4 Å². The highest BCUT2D eigenvalue weighted by Crippen LogP contribution is 2.36. The van der Waals surface area contributed by atoms with E-state index < -0.39 is 16.1 Å². The Hall–Kier alpha value is -3.23. The number of carbonyl (C=O) groups excluding carboxylic acids is 1. The first kappa shape index (κ1) is 28.8. The molecule has 3 aromatic carbocycles. The summed E-state index contributed by atoms with van der Waals surface area (Å²) in [5.74, 6) is -0.253. The summed E-state index contributed by atoms with van der Waals surface area (Å²) in [6.45, 7) is 7.88. The van der Waals surface area contributed by atoms with Crippen LogP contribution in [0, 0.1) is 0 Å². The van der Waals surface area contributed by atoms with Gasteiger partial charge in [0, 0.05) is 39.2 Å². The van der Waals surface area contributed by atoms with E-state index >= 15 is 0 Å². The number of halogens is 2. The molecule has 1 unspecified atom stereocenters. The molecular formula is C30H29Cl2N3O3S. The summed E-state index contributed by atoms with van der Waals surface area (Å²) in [5.41, 5.74) is 4.52. The van der Waals surface area contributed by atoms with E-state index in [4.69, 9.17) is 23.2 Å². The second kappa shape index (κ2) is 12.3. The molecule has 3 aromatic rings. The van der Waals surface area contributed by atoms with E-state index in [1.807, 2.05) is 32.0 Å². The molecule has 1 aliphatic carbocycles. The molecule has 6 nitrogen and oxygen atoms in total. The summed E-state index contributed by atoms with van der Waals surface area (Å²) in [7, 11) is -3.81. The molecule has 0 aliphatic heterocycles. The highest BCUT2D eigenvalue weighted by molar-refractivity contribution is 7.89. The number of aliphatic imine (C=N–C) groups is 1. The Morgan fingerprint density at radius 1 is 1.08 bits per heavy atom. The van der Waals surface area contributed by atoms with Crippen LogP contribution in [0.4, 0.5) is 5.69 Å². The van der Waals surface area contributed by atoms with Crippen molar-refractivity contribution in [3.05, 3.63) is 118 Å². The molecule has 1 N–H and O–H groups in total. The smallest absolute Gasteiger partial charge is 0.258 e. The molecule has 9 heteroatoms. The zero-order valence-electron chi connectivity index (χ0n) is 21.7. The van der Waals surface area contributed by atoms with E-state index in [2.05, 4.69) is 16.3 Å². The fraction of sp³-hybridized carbons (Fsp3) is 0.200. The molecule has 1 aliphatic rings. The number of amides is 1. The van der Waals surface area contributed by atoms with E-state index in [9.17, 15) is 13.2 Å². The molecule has 39 heavy (non-hydrogen) atoms. The van der Waals surface area contributed by atoms with Gasteiger partial charge in [0.2, 0.25) is 10.0 Å². The van der Waals surface area contributed by atoms with Gasteiger partial charge in [-0.05, 0) is 91.9 Å². The molecule has 0 heterocycles. The monoisotopic (exact) mass is 581 g/mol. The van der Waals surface area contributed by atoms with E-state index in [0.29, 0.717) is 34.1 Å². The van der Waals surface area contributed by atoms with Crippen LogP contribution in [0.15, 0.2) is 101 Å². The van der Waals surface area contributed by atoms with E-state index in [1.165, 1.54) is 12.1 Å². The lowest BCUT2D eigenvalue weighted by Crippen LogP contribution is -2.33. The highest BCUT2D eigenvalue weighted by atomic mass is 35.5. The number of rotatable bonds is 9. The van der Waals surface area contributed by atoms with Gasteiger partial charge in [-0.25, -0.2) is 13.1 Å². The van der Waals surface area contributed by atoms with Crippen molar-refractivity contribution >= 4 is 50.5 Å². The standard InChI is InChI=1S/C30H29Cl2N3O3S/c1-4-21(18-33-20(2)3)19-35(30(36)23-7-5-8-24(31)15-23)26-13-11-22-12-14-29(28(22)17-26)34-39(37,38)27-10-6-9-25(32)16-27/h4-11,13,15-18,29,34H,1,12,14,19H2,2-3H3/b21-18+. The molecule has 0 radical (unpaired) electrons. The van der Waals surface area contributed by atoms with Crippen LogP contribution in [0.3, 0.4) is 0 Å². The van der Waals surface area contributed by atoms with Gasteiger partial charge in [-0.2, -0.15) is 0 Å². The number of hydrogen-bond acceptors (Lipinski definition) is 4. The Kier molecular flexibility index (Phi) is 9.08. The first-order valence-electron chi connectivity index (χ1n) is 12.4. The number of anilines is 1. The number of benzene rings is 3. The van der Waals surface area contributed by atoms with Crippen molar-refractivity contribution in [2.75, 3.05) is 11.4 Å². The van der Waals surface area contributed by atoms with Crippen molar-refractivity contribution in [3.8, 4) is 0 Å². The molecule has 0 bridgehead atoms. The second-order valence-corrected chi connectivity index (χ2v) is 12.0. The number of nitrogens with zero attached hydrogens (tertiary/aromatic N) is 2. The lowest BCUT2D eigenvalue weighted by molar-refractivity contribution is 0.0989. The Balaban J connectivity index is 1.72. The summed E-state index contributed by atoms with van der Waals surface area (Å²) in [6, 6.07) is 18.2. The second-order valence-electron chi connectivity index (χ2n) is 9.44. The molecule has 0 saturated carbocycles. The summed E-state index contributed by atoms with van der Waals surface area (Å²) in [6.07, 6.45) is 4.67. The van der Waals surface area contributed by atoms with Crippen molar-refractivity contribution in [3.63, 3.8) is 0 Å². The fourth-order valence-corrected chi connectivity index (χ4v) is 6.12. The first-order valence-corrected chi connectivity index (χ1v) is 14.6. The van der Waals surface area contributed by atoms with Crippen molar-refractivity contribution in [2.24, 2.45) is 4.99 Å². The quantitative estimate of drug-likeness (QED) is 0.215. The minimum absolute atomic E-state index is 0.102. The zero-order valence-corrected chi connectivity index (χ0v) is 24.0. The van der Waals surface area contributed by atoms with Gasteiger partial charge in [-0.3, -0.25) is 9.79 Å². The topological polar surface area (TPSA) is 78.8 Å². The molecule has 202 valence electrons. The third kappa shape index (κ3) is 7.05.